The molecule has 2 saturated carbocycles. The van der Waals surface area contributed by atoms with E-state index in [1.165, 1.54) is 25.7 Å². The van der Waals surface area contributed by atoms with Crippen molar-refractivity contribution < 1.29 is 19.5 Å². The van der Waals surface area contributed by atoms with Gasteiger partial charge in [0.15, 0.2) is 0 Å². The average Bonchev–Trinajstić information content (AvgIpc) is 3.01. The average molecular weight is 567 g/mol. The number of likely N-dealkylation sites (tertiary alicyclic amines) is 1. The number of nitrogens with one attached hydrogen (secondary N) is 2. The second kappa shape index (κ2) is 13.7. The molecule has 2 heterocycles. The summed E-state index contributed by atoms with van der Waals surface area (Å²) in [5.74, 6) is -0.116. The van der Waals surface area contributed by atoms with Crippen molar-refractivity contribution in [3.63, 3.8) is 0 Å². The van der Waals surface area contributed by atoms with Gasteiger partial charge in [-0.2, -0.15) is 0 Å². The van der Waals surface area contributed by atoms with Gasteiger partial charge in [0.2, 0.25) is 11.8 Å². The van der Waals surface area contributed by atoms with Gasteiger partial charge in [0.25, 0.3) is 5.91 Å². The predicted octanol–water partition coefficient (Wildman–Crippen LogP) is 4.15. The van der Waals surface area contributed by atoms with Crippen LogP contribution in [0.5, 0.6) is 0 Å². The maximum Gasteiger partial charge on any atom is 0.251 e. The molecule has 8 heteroatoms. The molecule has 0 bridgehead atoms. The monoisotopic (exact) mass is 566 g/mol. The third-order valence-electron chi connectivity index (χ3n) is 10.2. The highest BCUT2D eigenvalue weighted by Gasteiger charge is 2.55. The summed E-state index contributed by atoms with van der Waals surface area (Å²) < 4.78 is 0. The molecule has 1 aromatic carbocycles. The van der Waals surface area contributed by atoms with Gasteiger partial charge >= 0.3 is 0 Å². The molecule has 1 spiro atoms. The number of rotatable bonds is 9. The van der Waals surface area contributed by atoms with Gasteiger partial charge in [0.05, 0.1) is 6.10 Å². The molecule has 2 aliphatic heterocycles. The van der Waals surface area contributed by atoms with Crippen LogP contribution in [-0.2, 0) is 16.1 Å². The Hall–Kier alpha value is -2.45. The van der Waals surface area contributed by atoms with E-state index in [0.717, 1.165) is 63.5 Å². The number of hydrogen-bond donors (Lipinski definition) is 3. The molecule has 4 fully saturated rings. The smallest absolute Gasteiger partial charge is 0.251 e. The number of hydrogen-bond acceptors (Lipinski definition) is 5. The number of carbonyl (C=O) groups is 3. The molecule has 1 aromatic rings. The molecule has 8 nitrogen and oxygen atoms in total. The number of nitrogens with zero attached hydrogens (tertiary/aromatic N) is 2. The SMILES string of the molecule is CCCCN1C(=O)C(C(O)C2CCCCC2)NC(=O)C12CCN(Cc1ccc(C(=O)NC3CCCCC3)cc1)CC2. The number of benzene rings is 1. The van der Waals surface area contributed by atoms with Gasteiger partial charge in [-0.05, 0) is 68.6 Å². The van der Waals surface area contributed by atoms with Crippen LogP contribution in [0.1, 0.15) is 113 Å². The summed E-state index contributed by atoms with van der Waals surface area (Å²) in [5, 5.41) is 17.4. The first-order valence-electron chi connectivity index (χ1n) is 16.3. The number of carbonyl (C=O) groups excluding carboxylic acids is 3. The van der Waals surface area contributed by atoms with Crippen molar-refractivity contribution in [3.8, 4) is 0 Å². The number of piperidine rings is 1. The van der Waals surface area contributed by atoms with E-state index in [4.69, 9.17) is 0 Å². The fourth-order valence-electron chi connectivity index (χ4n) is 7.57. The summed E-state index contributed by atoms with van der Waals surface area (Å²) in [4.78, 5) is 44.4. The zero-order valence-electron chi connectivity index (χ0n) is 24.9. The van der Waals surface area contributed by atoms with Crippen LogP contribution >= 0.6 is 0 Å². The van der Waals surface area contributed by atoms with Crippen LogP contribution in [0.4, 0.5) is 0 Å². The van der Waals surface area contributed by atoms with Gasteiger partial charge in [-0.1, -0.05) is 64.0 Å². The molecule has 4 aliphatic rings. The molecule has 3 amide bonds. The molecule has 2 saturated heterocycles. The Balaban J connectivity index is 1.19. The summed E-state index contributed by atoms with van der Waals surface area (Å²) in [6.45, 7) is 4.82. The van der Waals surface area contributed by atoms with E-state index in [-0.39, 0.29) is 23.6 Å². The second-order valence-corrected chi connectivity index (χ2v) is 13.0. The summed E-state index contributed by atoms with van der Waals surface area (Å²) in [5.41, 5.74) is 0.996. The van der Waals surface area contributed by atoms with Crippen LogP contribution < -0.4 is 10.6 Å². The Morgan fingerprint density at radius 2 is 1.63 bits per heavy atom. The normalized spacial score (nSPS) is 25.2. The van der Waals surface area contributed by atoms with Crippen molar-refractivity contribution in [1.82, 2.24) is 20.4 Å². The van der Waals surface area contributed by atoms with Crippen LogP contribution in [0, 0.1) is 5.92 Å². The maximum absolute atomic E-state index is 13.8. The van der Waals surface area contributed by atoms with Crippen molar-refractivity contribution in [1.29, 1.82) is 0 Å². The van der Waals surface area contributed by atoms with Crippen LogP contribution in [0.25, 0.3) is 0 Å². The highest BCUT2D eigenvalue weighted by atomic mass is 16.3. The van der Waals surface area contributed by atoms with E-state index in [0.29, 0.717) is 44.1 Å². The topological polar surface area (TPSA) is 102 Å². The molecule has 0 radical (unpaired) electrons. The minimum absolute atomic E-state index is 0.00965. The first kappa shape index (κ1) is 30.0. The number of unbranched alkanes of at least 4 members (excludes halogenated alkanes) is 1. The zero-order chi connectivity index (χ0) is 28.8. The van der Waals surface area contributed by atoms with Crippen molar-refractivity contribution in [2.24, 2.45) is 5.92 Å². The molecule has 5 rings (SSSR count). The molecule has 2 unspecified atom stereocenters. The fraction of sp³-hybridized carbons (Fsp3) is 0.727. The molecule has 2 atom stereocenters. The predicted molar refractivity (Wildman–Crippen MR) is 159 cm³/mol. The van der Waals surface area contributed by atoms with E-state index < -0.39 is 17.7 Å². The summed E-state index contributed by atoms with van der Waals surface area (Å²) in [6.07, 6.45) is 13.1. The molecule has 0 aromatic heterocycles. The number of piperazine rings is 1. The van der Waals surface area contributed by atoms with Gasteiger partial charge < -0.3 is 20.6 Å². The Morgan fingerprint density at radius 1 is 1.00 bits per heavy atom. The van der Waals surface area contributed by atoms with Gasteiger partial charge in [-0.25, -0.2) is 0 Å². The van der Waals surface area contributed by atoms with Gasteiger partial charge in [-0.3, -0.25) is 19.3 Å². The summed E-state index contributed by atoms with van der Waals surface area (Å²) in [6, 6.07) is 7.35. The first-order chi connectivity index (χ1) is 19.9. The summed E-state index contributed by atoms with van der Waals surface area (Å²) in [7, 11) is 0. The lowest BCUT2D eigenvalue weighted by molar-refractivity contribution is -0.166. The van der Waals surface area contributed by atoms with Gasteiger partial charge in [0.1, 0.15) is 11.6 Å². The van der Waals surface area contributed by atoms with E-state index in [2.05, 4.69) is 22.5 Å². The largest absolute Gasteiger partial charge is 0.390 e. The van der Waals surface area contributed by atoms with Gasteiger partial charge in [0, 0.05) is 37.8 Å². The maximum atomic E-state index is 13.8. The van der Waals surface area contributed by atoms with Crippen molar-refractivity contribution in [3.05, 3.63) is 35.4 Å². The van der Waals surface area contributed by atoms with Crippen LogP contribution in [0.15, 0.2) is 24.3 Å². The van der Waals surface area contributed by atoms with E-state index in [1.54, 1.807) is 0 Å². The minimum Gasteiger partial charge on any atom is -0.390 e. The quantitative estimate of drug-likeness (QED) is 0.417. The van der Waals surface area contributed by atoms with Crippen LogP contribution in [-0.4, -0.2) is 76.0 Å². The third-order valence-corrected chi connectivity index (χ3v) is 10.2. The van der Waals surface area contributed by atoms with E-state index in [9.17, 15) is 19.5 Å². The van der Waals surface area contributed by atoms with Crippen LogP contribution in [0.2, 0.25) is 0 Å². The molecule has 2 aliphatic carbocycles. The Bertz CT molecular complexity index is 1040. The highest BCUT2D eigenvalue weighted by Crippen LogP contribution is 2.36. The summed E-state index contributed by atoms with van der Waals surface area (Å²) >= 11 is 0. The van der Waals surface area contributed by atoms with E-state index >= 15 is 0 Å². The molecule has 41 heavy (non-hydrogen) atoms. The van der Waals surface area contributed by atoms with Gasteiger partial charge in [-0.15, -0.1) is 0 Å². The fourth-order valence-corrected chi connectivity index (χ4v) is 7.57. The molecular formula is C33H50N4O4. The standard InChI is InChI=1S/C33H50N4O4/c1-2-3-20-37-31(40)28(29(38)25-10-6-4-7-11-25)35-32(41)33(37)18-21-36(22-19-33)23-24-14-16-26(17-15-24)30(39)34-27-12-8-5-9-13-27/h14-17,25,27-29,38H,2-13,18-23H2,1H3,(H,34,39)(H,35,41). The van der Waals surface area contributed by atoms with Crippen molar-refractivity contribution in [2.45, 2.75) is 127 Å². The van der Waals surface area contributed by atoms with E-state index in [1.807, 2.05) is 29.2 Å². The number of amides is 3. The lowest BCUT2D eigenvalue weighted by Crippen LogP contribution is -2.75. The molecule has 226 valence electrons. The minimum atomic E-state index is -0.841. The third kappa shape index (κ3) is 6.80. The zero-order valence-corrected chi connectivity index (χ0v) is 24.9. The number of aliphatic hydroxyl groups excluding tert-OH is 1. The Labute approximate surface area is 245 Å². The molecular weight excluding hydrogens is 516 g/mol. The highest BCUT2D eigenvalue weighted by molar-refractivity contribution is 6.00. The lowest BCUT2D eigenvalue weighted by Gasteiger charge is -2.52. The lowest BCUT2D eigenvalue weighted by atomic mass is 9.78. The van der Waals surface area contributed by atoms with Crippen molar-refractivity contribution >= 4 is 17.7 Å². The Morgan fingerprint density at radius 3 is 2.27 bits per heavy atom. The second-order valence-electron chi connectivity index (χ2n) is 13.0. The number of aliphatic hydroxyl groups is 1. The van der Waals surface area contributed by atoms with Crippen molar-refractivity contribution in [2.75, 3.05) is 19.6 Å². The molecule has 3 N–H and O–H groups in total. The first-order valence-corrected chi connectivity index (χ1v) is 16.3. The Kier molecular flexibility index (Phi) is 10.0. The van der Waals surface area contributed by atoms with Crippen LogP contribution in [0.3, 0.4) is 0 Å².